The quantitative estimate of drug-likeness (QED) is 0.898. The molecule has 1 aromatic heterocycles. The van der Waals surface area contributed by atoms with E-state index in [0.29, 0.717) is 11.3 Å². The minimum Gasteiger partial charge on any atom is -0.361 e. The number of carbonyl (C=O) groups excluding carboxylic acids is 1. The maximum Gasteiger partial charge on any atom is 0.256 e. The second kappa shape index (κ2) is 4.88. The van der Waals surface area contributed by atoms with Crippen molar-refractivity contribution in [2.75, 3.05) is 0 Å². The number of benzene rings is 1. The van der Waals surface area contributed by atoms with E-state index < -0.39 is 0 Å². The summed E-state index contributed by atoms with van der Waals surface area (Å²) in [6.45, 7) is 1.75. The molecule has 1 atom stereocenters. The highest BCUT2D eigenvalue weighted by Crippen LogP contribution is 2.29. The maximum absolute atomic E-state index is 12.2. The third kappa shape index (κ3) is 2.26. The Kier molecular flexibility index (Phi) is 3.07. The molecule has 0 saturated heterocycles. The predicted octanol–water partition coefficient (Wildman–Crippen LogP) is 2.79. The zero-order valence-electron chi connectivity index (χ0n) is 10.8. The van der Waals surface area contributed by atoms with E-state index in [1.165, 1.54) is 17.3 Å². The van der Waals surface area contributed by atoms with Crippen molar-refractivity contribution in [2.45, 2.75) is 32.2 Å². The van der Waals surface area contributed by atoms with E-state index in [2.05, 4.69) is 22.6 Å². The number of rotatable bonds is 2. The van der Waals surface area contributed by atoms with Crippen molar-refractivity contribution in [3.05, 3.63) is 52.9 Å². The van der Waals surface area contributed by atoms with Crippen molar-refractivity contribution in [2.24, 2.45) is 0 Å². The summed E-state index contributed by atoms with van der Waals surface area (Å²) < 4.78 is 4.93. The second-order valence-electron chi connectivity index (χ2n) is 4.91. The van der Waals surface area contributed by atoms with Crippen molar-refractivity contribution in [1.82, 2.24) is 10.5 Å². The summed E-state index contributed by atoms with van der Waals surface area (Å²) in [6.07, 6.45) is 4.64. The Hall–Kier alpha value is -2.10. The second-order valence-corrected chi connectivity index (χ2v) is 4.91. The molecule has 2 aromatic rings. The highest BCUT2D eigenvalue weighted by atomic mass is 16.5. The van der Waals surface area contributed by atoms with Crippen LogP contribution in [0.5, 0.6) is 0 Å². The predicted molar refractivity (Wildman–Crippen MR) is 70.8 cm³/mol. The van der Waals surface area contributed by atoms with Gasteiger partial charge in [-0.2, -0.15) is 0 Å². The van der Waals surface area contributed by atoms with Crippen LogP contribution in [0, 0.1) is 6.92 Å². The first-order valence-electron chi connectivity index (χ1n) is 6.55. The largest absolute Gasteiger partial charge is 0.361 e. The molecule has 1 heterocycles. The molecule has 0 saturated carbocycles. The van der Waals surface area contributed by atoms with Crippen molar-refractivity contribution >= 4 is 5.91 Å². The van der Waals surface area contributed by atoms with Crippen LogP contribution in [0.25, 0.3) is 0 Å². The van der Waals surface area contributed by atoms with Gasteiger partial charge >= 0.3 is 0 Å². The average molecular weight is 256 g/mol. The molecule has 3 rings (SSSR count). The summed E-state index contributed by atoms with van der Waals surface area (Å²) in [5.41, 5.74) is 3.08. The number of aromatic nitrogens is 1. The third-order valence-corrected chi connectivity index (χ3v) is 3.67. The molecule has 1 aliphatic rings. The van der Waals surface area contributed by atoms with Gasteiger partial charge in [-0.3, -0.25) is 4.79 Å². The van der Waals surface area contributed by atoms with E-state index in [9.17, 15) is 4.79 Å². The normalized spacial score (nSPS) is 17.8. The number of hydrogen-bond acceptors (Lipinski definition) is 3. The Morgan fingerprint density at radius 3 is 3.05 bits per heavy atom. The smallest absolute Gasteiger partial charge is 0.256 e. The summed E-state index contributed by atoms with van der Waals surface area (Å²) in [4.78, 5) is 12.2. The van der Waals surface area contributed by atoms with Crippen molar-refractivity contribution in [3.8, 4) is 0 Å². The molecule has 1 unspecified atom stereocenters. The third-order valence-electron chi connectivity index (χ3n) is 3.67. The first kappa shape index (κ1) is 12.0. The van der Waals surface area contributed by atoms with Crippen LogP contribution in [0.1, 0.15) is 46.1 Å². The van der Waals surface area contributed by atoms with Gasteiger partial charge in [0, 0.05) is 0 Å². The lowest BCUT2D eigenvalue weighted by atomic mass is 9.87. The molecule has 0 aliphatic heterocycles. The fraction of sp³-hybridized carbons (Fsp3) is 0.333. The summed E-state index contributed by atoms with van der Waals surface area (Å²) >= 11 is 0. The van der Waals surface area contributed by atoms with E-state index in [4.69, 9.17) is 4.52 Å². The molecule has 4 nitrogen and oxygen atoms in total. The molecule has 0 radical (unpaired) electrons. The Labute approximate surface area is 111 Å². The highest BCUT2D eigenvalue weighted by Gasteiger charge is 2.23. The number of carbonyl (C=O) groups is 1. The highest BCUT2D eigenvalue weighted by molar-refractivity contribution is 5.95. The Morgan fingerprint density at radius 1 is 1.42 bits per heavy atom. The molecule has 98 valence electrons. The molecule has 4 heteroatoms. The van der Waals surface area contributed by atoms with E-state index in [-0.39, 0.29) is 11.9 Å². The molecule has 1 aliphatic carbocycles. The van der Waals surface area contributed by atoms with Crippen molar-refractivity contribution < 1.29 is 9.32 Å². The van der Waals surface area contributed by atoms with Gasteiger partial charge in [0.05, 0.1) is 12.2 Å². The van der Waals surface area contributed by atoms with Gasteiger partial charge in [0.1, 0.15) is 11.3 Å². The molecule has 19 heavy (non-hydrogen) atoms. The fourth-order valence-electron chi connectivity index (χ4n) is 2.66. The van der Waals surface area contributed by atoms with Crippen LogP contribution in [-0.4, -0.2) is 11.1 Å². The van der Waals surface area contributed by atoms with E-state index in [1.54, 1.807) is 6.92 Å². The summed E-state index contributed by atoms with van der Waals surface area (Å²) in [7, 11) is 0. The minimum absolute atomic E-state index is 0.0896. The number of hydrogen-bond donors (Lipinski definition) is 1. The lowest BCUT2D eigenvalue weighted by molar-refractivity contribution is 0.0931. The summed E-state index contributed by atoms with van der Waals surface area (Å²) in [5, 5.41) is 6.72. The number of nitrogens with zero attached hydrogens (tertiary/aromatic N) is 1. The van der Waals surface area contributed by atoms with Crippen LogP contribution in [0.4, 0.5) is 0 Å². The van der Waals surface area contributed by atoms with Gasteiger partial charge in [0.2, 0.25) is 0 Å². The average Bonchev–Trinajstić information content (AvgIpc) is 2.85. The molecule has 1 aromatic carbocycles. The number of amides is 1. The topological polar surface area (TPSA) is 55.1 Å². The molecule has 0 bridgehead atoms. The number of fused-ring (bicyclic) bond motifs is 1. The number of nitrogens with one attached hydrogen (secondary N) is 1. The Morgan fingerprint density at radius 2 is 2.26 bits per heavy atom. The fourth-order valence-corrected chi connectivity index (χ4v) is 2.66. The van der Waals surface area contributed by atoms with Gasteiger partial charge in [0.25, 0.3) is 5.91 Å². The van der Waals surface area contributed by atoms with Crippen molar-refractivity contribution in [1.29, 1.82) is 0 Å². The van der Waals surface area contributed by atoms with Crippen LogP contribution in [0.15, 0.2) is 35.0 Å². The molecular formula is C15H16N2O2. The van der Waals surface area contributed by atoms with E-state index >= 15 is 0 Å². The SMILES string of the molecule is Cc1oncc1C(=O)NC1CCCc2ccccc21. The van der Waals surface area contributed by atoms with Crippen molar-refractivity contribution in [3.63, 3.8) is 0 Å². The summed E-state index contributed by atoms with van der Waals surface area (Å²) in [5.74, 6) is 0.446. The van der Waals surface area contributed by atoms with E-state index in [0.717, 1.165) is 19.3 Å². The van der Waals surface area contributed by atoms with Crippen LogP contribution < -0.4 is 5.32 Å². The standard InChI is InChI=1S/C15H16N2O2/c1-10-13(9-16-19-10)15(18)17-14-8-4-6-11-5-2-3-7-12(11)14/h2-3,5,7,9,14H,4,6,8H2,1H3,(H,17,18). The van der Waals surface area contributed by atoms with Crippen LogP contribution in [0.3, 0.4) is 0 Å². The maximum atomic E-state index is 12.2. The van der Waals surface area contributed by atoms with Crippen LogP contribution in [0.2, 0.25) is 0 Å². The van der Waals surface area contributed by atoms with Gasteiger partial charge in [-0.15, -0.1) is 0 Å². The molecule has 0 spiro atoms. The van der Waals surface area contributed by atoms with Crippen LogP contribution >= 0.6 is 0 Å². The monoisotopic (exact) mass is 256 g/mol. The minimum atomic E-state index is -0.111. The molecular weight excluding hydrogens is 240 g/mol. The van der Waals surface area contributed by atoms with E-state index in [1.807, 2.05) is 12.1 Å². The zero-order valence-corrected chi connectivity index (χ0v) is 10.8. The molecule has 0 fully saturated rings. The number of aryl methyl sites for hydroxylation is 2. The summed E-state index contributed by atoms with van der Waals surface area (Å²) in [6, 6.07) is 8.39. The lowest BCUT2D eigenvalue weighted by Gasteiger charge is -2.26. The Bertz CT molecular complexity index is 604. The molecule has 1 N–H and O–H groups in total. The Balaban J connectivity index is 1.82. The van der Waals surface area contributed by atoms with Gasteiger partial charge in [0.15, 0.2) is 0 Å². The van der Waals surface area contributed by atoms with Gasteiger partial charge in [-0.1, -0.05) is 29.4 Å². The van der Waals surface area contributed by atoms with Gasteiger partial charge < -0.3 is 9.84 Å². The first-order valence-corrected chi connectivity index (χ1v) is 6.55. The van der Waals surface area contributed by atoms with Crippen LogP contribution in [-0.2, 0) is 6.42 Å². The zero-order chi connectivity index (χ0) is 13.2. The van der Waals surface area contributed by atoms with Gasteiger partial charge in [-0.25, -0.2) is 0 Å². The lowest BCUT2D eigenvalue weighted by Crippen LogP contribution is -2.31. The molecule has 1 amide bonds. The first-order chi connectivity index (χ1) is 9.25. The van der Waals surface area contributed by atoms with Gasteiger partial charge in [-0.05, 0) is 37.3 Å².